The van der Waals surface area contributed by atoms with Crippen LogP contribution in [0.3, 0.4) is 0 Å². The van der Waals surface area contributed by atoms with Crippen molar-refractivity contribution in [2.45, 2.75) is 291 Å². The molecule has 14 heteroatoms. The first-order valence-corrected chi connectivity index (χ1v) is 77.9. The molecule has 2 aromatic rings. The number of hydrogen-bond donors (Lipinski definition) is 0. The van der Waals surface area contributed by atoms with Crippen LogP contribution in [0.25, 0.3) is 0 Å². The monoisotopic (exact) mass is 1260 g/mol. The SMILES string of the molecule is C[Si](C)(C)C(c1cc(C([Si](C)(C)C)[Si](C)(C)C)c([CH2][Ge][c]2c(C([Si](C)(C)C)[Si](C)(C)C)cc(C([Si](C)(C)C)([Si](C)(C)C)[Si](C)(C)C)cc2C([Si](C)(C)C)[Si](C)(C)C)c(C([Si](C)(C)C)[Si](C)(C)C)c1)[Si](C)(C)C. The average Bonchev–Trinajstić information content (AvgIpc) is 2.96. The van der Waals surface area contributed by atoms with Crippen molar-refractivity contribution in [3.63, 3.8) is 0 Å². The Morgan fingerprint density at radius 3 is 0.694 bits per heavy atom. The molecule has 0 atom stereocenters. The summed E-state index contributed by atoms with van der Waals surface area (Å²) in [7, 11) is -22.2. The van der Waals surface area contributed by atoms with Gasteiger partial charge in [0, 0.05) is 0 Å². The molecule has 0 saturated carbocycles. The van der Waals surface area contributed by atoms with E-state index in [1.54, 1.807) is 5.56 Å². The van der Waals surface area contributed by atoms with Crippen molar-refractivity contribution in [2.75, 3.05) is 0 Å². The molecule has 0 heterocycles. The number of hydrogen-bond acceptors (Lipinski definition) is 0. The van der Waals surface area contributed by atoms with Gasteiger partial charge in [-0.05, 0) is 0 Å². The first-order valence-electron chi connectivity index (χ1n) is 29.1. The van der Waals surface area contributed by atoms with Crippen LogP contribution in [-0.4, -0.2) is 120 Å². The van der Waals surface area contributed by atoms with Crippen LogP contribution in [0.5, 0.6) is 0 Å². The van der Waals surface area contributed by atoms with Gasteiger partial charge >= 0.3 is 479 Å². The first-order chi connectivity index (χ1) is 31.0. The Morgan fingerprint density at radius 2 is 0.500 bits per heavy atom. The number of benzene rings is 2. The van der Waals surface area contributed by atoms with E-state index in [-0.39, 0.29) is 0 Å². The van der Waals surface area contributed by atoms with Gasteiger partial charge in [0.2, 0.25) is 0 Å². The van der Waals surface area contributed by atoms with Gasteiger partial charge in [-0.1, -0.05) is 0 Å². The molecule has 2 rings (SSSR count). The van der Waals surface area contributed by atoms with Gasteiger partial charge in [0.05, 0.1) is 0 Å². The van der Waals surface area contributed by atoms with E-state index in [0.29, 0.717) is 4.28 Å². The van der Waals surface area contributed by atoms with Gasteiger partial charge in [-0.2, -0.15) is 0 Å². The second kappa shape index (κ2) is 21.9. The van der Waals surface area contributed by atoms with Crippen LogP contribution in [0.1, 0.15) is 64.8 Å². The Balaban J connectivity index is 3.90. The molecular formula is C58H128GeSi13. The Morgan fingerprint density at radius 1 is 0.292 bits per heavy atom. The average molecular weight is 1260 g/mol. The minimum atomic E-state index is -1.79. The van der Waals surface area contributed by atoms with Crippen LogP contribution in [0.2, 0.25) is 255 Å². The van der Waals surface area contributed by atoms with Gasteiger partial charge in [-0.3, -0.25) is 0 Å². The Kier molecular flexibility index (Phi) is 21.3. The molecule has 0 aliphatic rings. The second-order valence-electron chi connectivity index (χ2n) is 37.9. The van der Waals surface area contributed by atoms with E-state index in [1.807, 2.05) is 37.8 Å². The molecule has 0 unspecified atom stereocenters. The van der Waals surface area contributed by atoms with E-state index in [2.05, 4.69) is 280 Å². The summed E-state index contributed by atoms with van der Waals surface area (Å²) >= 11 is -0.611. The molecule has 2 radical (unpaired) electrons. The molecular weight excluding hydrogens is 1130 g/mol. The van der Waals surface area contributed by atoms with Crippen LogP contribution < -0.4 is 4.40 Å². The molecule has 0 N–H and O–H groups in total. The van der Waals surface area contributed by atoms with Gasteiger partial charge < -0.3 is 0 Å². The van der Waals surface area contributed by atoms with Crippen LogP contribution >= 0.6 is 0 Å². The molecule has 0 nitrogen and oxygen atoms in total. The van der Waals surface area contributed by atoms with Crippen LogP contribution in [0, 0.1) is 0 Å². The summed E-state index contributed by atoms with van der Waals surface area (Å²) in [5, 5.41) is 5.02. The molecule has 416 valence electrons. The fourth-order valence-corrected chi connectivity index (χ4v) is 118. The van der Waals surface area contributed by atoms with E-state index in [1.165, 1.54) is 5.25 Å². The summed E-state index contributed by atoms with van der Waals surface area (Å²) in [6, 6.07) is 12.3. The van der Waals surface area contributed by atoms with Gasteiger partial charge in [-0.15, -0.1) is 0 Å². The van der Waals surface area contributed by atoms with Crippen molar-refractivity contribution in [1.82, 2.24) is 0 Å². The second-order valence-corrected chi connectivity index (χ2v) is 114. The number of rotatable bonds is 22. The topological polar surface area (TPSA) is 0 Å². The Hall–Kier alpha value is 1.80. The van der Waals surface area contributed by atoms with Crippen molar-refractivity contribution in [2.24, 2.45) is 0 Å². The molecule has 2 aromatic carbocycles. The van der Waals surface area contributed by atoms with Crippen LogP contribution in [0.4, 0.5) is 0 Å². The fraction of sp³-hybridized carbons (Fsp3) is 0.793. The van der Waals surface area contributed by atoms with Crippen molar-refractivity contribution in [3.8, 4) is 0 Å². The fourth-order valence-electron chi connectivity index (χ4n) is 19.3. The molecule has 0 fully saturated rings. The molecule has 0 spiro atoms. The Labute approximate surface area is 474 Å². The molecule has 72 heavy (non-hydrogen) atoms. The summed E-state index contributed by atoms with van der Waals surface area (Å²) in [4.78, 5) is 0. The summed E-state index contributed by atoms with van der Waals surface area (Å²) < 4.78 is 2.35. The van der Waals surface area contributed by atoms with E-state index in [4.69, 9.17) is 0 Å². The molecule has 0 aliphatic heterocycles. The summed E-state index contributed by atoms with van der Waals surface area (Å²) in [6.07, 6.45) is 0. The third-order valence-corrected chi connectivity index (χ3v) is 87.7. The van der Waals surface area contributed by atoms with Crippen molar-refractivity contribution in [1.29, 1.82) is 0 Å². The molecule has 0 aromatic heterocycles. The van der Waals surface area contributed by atoms with Crippen molar-refractivity contribution >= 4 is 125 Å². The normalized spacial score (nSPS) is 15.6. The third-order valence-electron chi connectivity index (χ3n) is 17.0. The van der Waals surface area contributed by atoms with Crippen molar-refractivity contribution in [3.05, 3.63) is 63.2 Å². The molecule has 0 amide bonds. The zero-order valence-electron chi connectivity index (χ0n) is 56.4. The quantitative estimate of drug-likeness (QED) is 0.103. The molecule has 0 saturated heterocycles. The predicted molar refractivity (Wildman–Crippen MR) is 381 cm³/mol. The van der Waals surface area contributed by atoms with E-state index in [0.717, 1.165) is 25.8 Å². The zero-order chi connectivity index (χ0) is 57.7. The van der Waals surface area contributed by atoms with Crippen LogP contribution in [0.15, 0.2) is 24.3 Å². The first kappa shape index (κ1) is 69.9. The summed E-state index contributed by atoms with van der Waals surface area (Å²) in [6.45, 7) is 109. The maximum absolute atomic E-state index is 3.11. The van der Waals surface area contributed by atoms with Crippen molar-refractivity contribution < 1.29 is 0 Å². The Bertz CT molecular complexity index is 1960. The van der Waals surface area contributed by atoms with Gasteiger partial charge in [0.15, 0.2) is 0 Å². The van der Waals surface area contributed by atoms with Gasteiger partial charge in [0.1, 0.15) is 0 Å². The van der Waals surface area contributed by atoms with E-state index in [9.17, 15) is 0 Å². The maximum atomic E-state index is 3.11. The molecule has 0 bridgehead atoms. The molecule has 0 aliphatic carbocycles. The summed E-state index contributed by atoms with van der Waals surface area (Å²) in [5.74, 6) is 0. The van der Waals surface area contributed by atoms with Gasteiger partial charge in [-0.25, -0.2) is 0 Å². The third kappa shape index (κ3) is 15.6. The zero-order valence-corrected chi connectivity index (χ0v) is 71.5. The van der Waals surface area contributed by atoms with E-state index >= 15 is 0 Å². The van der Waals surface area contributed by atoms with E-state index < -0.39 is 120 Å². The van der Waals surface area contributed by atoms with Gasteiger partial charge in [0.25, 0.3) is 0 Å². The predicted octanol–water partition coefficient (Wildman–Crippen LogP) is 20.3. The standard InChI is InChI=1S/C58H128GeSi13/c1-60(2,3)53(61(4,5)6)45-40-47(54(62(7,8)9)63(10,11)12)51(48(41-45)55(64(13,14)15)65(16,17)18)44-59-52-49(56(66(19,20)21)67(22,23)24)42-46(43-50(52)57(68(25,26)27)69(28,29)30)58(70(31,32)33,71(34,35)36)72(37,38)39/h40-43,53-57H,44H2,1-39H3. The summed E-state index contributed by atoms with van der Waals surface area (Å²) in [5.41, 5.74) is 13.3. The minimum absolute atomic E-state index is 0.352. The van der Waals surface area contributed by atoms with Crippen LogP contribution in [-0.2, 0) is 9.54 Å².